The van der Waals surface area contributed by atoms with Crippen LogP contribution in [0.2, 0.25) is 0 Å². The van der Waals surface area contributed by atoms with Gasteiger partial charge < -0.3 is 9.32 Å². The molecule has 0 aliphatic rings. The molecule has 1 heterocycles. The van der Waals surface area contributed by atoms with E-state index in [2.05, 4.69) is 0 Å². The van der Waals surface area contributed by atoms with Crippen molar-refractivity contribution in [2.45, 2.75) is 0 Å². The maximum Gasteiger partial charge on any atom is 0.143 e. The number of benzene rings is 9. The van der Waals surface area contributed by atoms with Crippen molar-refractivity contribution < 1.29 is 19.5 Å². The van der Waals surface area contributed by atoms with E-state index in [1.54, 1.807) is 42.5 Å². The van der Waals surface area contributed by atoms with E-state index < -0.39 is 66.5 Å². The van der Waals surface area contributed by atoms with E-state index in [4.69, 9.17) is 11.3 Å². The minimum Gasteiger partial charge on any atom is -0.455 e. The first kappa shape index (κ1) is 20.7. The summed E-state index contributed by atoms with van der Waals surface area (Å²) in [4.78, 5) is 1.31. The molecule has 1 aromatic heterocycles. The molecule has 9 aromatic carbocycles. The number of anilines is 3. The van der Waals surface area contributed by atoms with Crippen LogP contribution in [0.3, 0.4) is 0 Å². The first-order valence-corrected chi connectivity index (χ1v) is 16.9. The maximum atomic E-state index is 9.74. The van der Waals surface area contributed by atoms with Crippen LogP contribution in [-0.4, -0.2) is 0 Å². The zero-order valence-electron chi connectivity index (χ0n) is 38.6. The van der Waals surface area contributed by atoms with Crippen molar-refractivity contribution in [3.63, 3.8) is 0 Å². The van der Waals surface area contributed by atoms with Crippen LogP contribution in [0.25, 0.3) is 76.9 Å². The van der Waals surface area contributed by atoms with Gasteiger partial charge in [-0.3, -0.25) is 0 Å². The molecule has 0 unspecified atom stereocenters. The molecule has 0 spiro atoms. The van der Waals surface area contributed by atoms with Gasteiger partial charge in [0, 0.05) is 32.8 Å². The minimum atomic E-state index is -0.649. The molecule has 0 bridgehead atoms. The number of nitrogens with zero attached hydrogens (tertiary/aromatic N) is 1. The molecule has 0 atom stereocenters. The van der Waals surface area contributed by atoms with Gasteiger partial charge in [0.1, 0.15) is 11.2 Å². The zero-order chi connectivity index (χ0) is 44.0. The minimum absolute atomic E-state index is 0.0298. The Morgan fingerprint density at radius 2 is 1.13 bits per heavy atom. The van der Waals surface area contributed by atoms with Gasteiger partial charge in [0.25, 0.3) is 0 Å². The quantitative estimate of drug-likeness (QED) is 0.175. The third kappa shape index (κ3) is 5.04. The molecule has 2 nitrogen and oxygen atoms in total. The molecule has 0 saturated carbocycles. The summed E-state index contributed by atoms with van der Waals surface area (Å²) in [5.41, 5.74) is 4.12. The second kappa shape index (κ2) is 12.5. The number of hydrogen-bond acceptors (Lipinski definition) is 2. The van der Waals surface area contributed by atoms with Crippen LogP contribution in [0.5, 0.6) is 0 Å². The lowest BCUT2D eigenvalue weighted by atomic mass is 9.95. The summed E-state index contributed by atoms with van der Waals surface area (Å²) in [6.45, 7) is 0. The highest BCUT2D eigenvalue weighted by molar-refractivity contribution is 6.20. The van der Waals surface area contributed by atoms with Crippen molar-refractivity contribution in [3.05, 3.63) is 200 Å². The Hall–Kier alpha value is -6.90. The summed E-state index contributed by atoms with van der Waals surface area (Å²) in [6, 6.07) is 35.1. The van der Waals surface area contributed by atoms with Gasteiger partial charge in [0.2, 0.25) is 0 Å². The van der Waals surface area contributed by atoms with Gasteiger partial charge in [-0.05, 0) is 81.0 Å². The molecule has 52 heavy (non-hydrogen) atoms. The third-order valence-electron chi connectivity index (χ3n) is 9.43. The number of rotatable bonds is 6. The molecule has 0 N–H and O–H groups in total. The number of fused-ring (bicyclic) bond motifs is 6. The maximum absolute atomic E-state index is 9.74. The Morgan fingerprint density at radius 1 is 0.423 bits per heavy atom. The molecule has 0 saturated heterocycles. The van der Waals surface area contributed by atoms with Crippen LogP contribution >= 0.6 is 0 Å². The lowest BCUT2D eigenvalue weighted by molar-refractivity contribution is 0.673. The predicted molar refractivity (Wildman–Crippen MR) is 220 cm³/mol. The number of hydrogen-bond donors (Lipinski definition) is 0. The number of para-hydroxylation sites is 1. The van der Waals surface area contributed by atoms with Crippen molar-refractivity contribution in [3.8, 4) is 33.4 Å². The summed E-state index contributed by atoms with van der Waals surface area (Å²) in [5.74, 6) is 0. The van der Waals surface area contributed by atoms with Gasteiger partial charge in [-0.25, -0.2) is 0 Å². The standard InChI is InChI=1S/C50H33NO/c1-2-13-34(14-3-1)38-18-10-19-39(33-38)35-27-30-40(31-28-35)51(46-25-11-17-36-15-4-6-20-41(36)46)47-24-9-8-22-43(47)44-23-12-26-48-49(44)45-32-29-37-16-5-7-21-42(37)50(45)52-48/h1-33H/i4D,6D,11D,15D,17D,20D,25D,27D,28D,30D,31D. The van der Waals surface area contributed by atoms with E-state index in [0.717, 1.165) is 32.7 Å². The van der Waals surface area contributed by atoms with E-state index in [1.807, 2.05) is 91.0 Å². The predicted octanol–water partition coefficient (Wildman–Crippen LogP) is 14.4. The lowest BCUT2D eigenvalue weighted by Gasteiger charge is -2.29. The third-order valence-corrected chi connectivity index (χ3v) is 9.43. The highest BCUT2D eigenvalue weighted by atomic mass is 16.3. The van der Waals surface area contributed by atoms with E-state index in [1.165, 1.54) is 4.90 Å². The van der Waals surface area contributed by atoms with Crippen molar-refractivity contribution in [2.75, 3.05) is 4.90 Å². The highest BCUT2D eigenvalue weighted by Gasteiger charge is 2.22. The molecule has 0 fully saturated rings. The van der Waals surface area contributed by atoms with Crippen molar-refractivity contribution in [1.82, 2.24) is 0 Å². The first-order chi connectivity index (χ1) is 30.4. The average Bonchev–Trinajstić information content (AvgIpc) is 3.71. The highest BCUT2D eigenvalue weighted by Crippen LogP contribution is 2.47. The Bertz CT molecular complexity index is 3510. The van der Waals surface area contributed by atoms with Gasteiger partial charge >= 0.3 is 0 Å². The molecule has 0 aliphatic carbocycles. The van der Waals surface area contributed by atoms with Crippen molar-refractivity contribution in [1.29, 1.82) is 0 Å². The van der Waals surface area contributed by atoms with Crippen LogP contribution in [0.15, 0.2) is 204 Å². The summed E-state index contributed by atoms with van der Waals surface area (Å²) in [6.07, 6.45) is 0. The van der Waals surface area contributed by atoms with Gasteiger partial charge in [-0.1, -0.05) is 158 Å². The smallest absolute Gasteiger partial charge is 0.143 e. The van der Waals surface area contributed by atoms with Gasteiger partial charge in [-0.15, -0.1) is 0 Å². The second-order valence-electron chi connectivity index (χ2n) is 12.4. The fraction of sp³-hybridized carbons (Fsp3) is 0. The number of furan rings is 1. The second-order valence-corrected chi connectivity index (χ2v) is 12.4. The Balaban J connectivity index is 1.32. The molecule has 0 aliphatic heterocycles. The molecule has 10 aromatic rings. The molecule has 0 radical (unpaired) electrons. The summed E-state index contributed by atoms with van der Waals surface area (Å²) >= 11 is 0. The molecular formula is C50H33NO. The van der Waals surface area contributed by atoms with E-state index in [-0.39, 0.29) is 33.4 Å². The van der Waals surface area contributed by atoms with Gasteiger partial charge in [-0.2, -0.15) is 0 Å². The zero-order valence-corrected chi connectivity index (χ0v) is 27.6. The van der Waals surface area contributed by atoms with Crippen molar-refractivity contribution >= 4 is 60.5 Å². The van der Waals surface area contributed by atoms with Gasteiger partial charge in [0.15, 0.2) is 0 Å². The van der Waals surface area contributed by atoms with Crippen LogP contribution in [0, 0.1) is 0 Å². The monoisotopic (exact) mass is 674 g/mol. The molecule has 244 valence electrons. The average molecular weight is 675 g/mol. The van der Waals surface area contributed by atoms with E-state index in [9.17, 15) is 8.22 Å². The van der Waals surface area contributed by atoms with Crippen molar-refractivity contribution in [2.24, 2.45) is 0 Å². The molecular weight excluding hydrogens is 631 g/mol. The molecule has 0 amide bonds. The van der Waals surface area contributed by atoms with Crippen LogP contribution in [-0.2, 0) is 0 Å². The molecule has 2 heteroatoms. The summed E-state index contributed by atoms with van der Waals surface area (Å²) in [7, 11) is 0. The largest absolute Gasteiger partial charge is 0.455 e. The van der Waals surface area contributed by atoms with Gasteiger partial charge in [0.05, 0.1) is 26.5 Å². The van der Waals surface area contributed by atoms with Crippen LogP contribution in [0.1, 0.15) is 15.1 Å². The van der Waals surface area contributed by atoms with E-state index >= 15 is 0 Å². The van der Waals surface area contributed by atoms with Crippen LogP contribution < -0.4 is 4.90 Å². The van der Waals surface area contributed by atoms with E-state index in [0.29, 0.717) is 27.9 Å². The summed E-state index contributed by atoms with van der Waals surface area (Å²) in [5, 5.41) is 2.83. The fourth-order valence-electron chi connectivity index (χ4n) is 7.04. The first-order valence-electron chi connectivity index (χ1n) is 22.4. The fourth-order valence-corrected chi connectivity index (χ4v) is 7.04. The Labute approximate surface area is 317 Å². The normalized spacial score (nSPS) is 14.4. The Kier molecular flexibility index (Phi) is 4.96. The Morgan fingerprint density at radius 3 is 2.04 bits per heavy atom. The summed E-state index contributed by atoms with van der Waals surface area (Å²) < 4.78 is 108. The van der Waals surface area contributed by atoms with Crippen LogP contribution in [0.4, 0.5) is 17.1 Å². The lowest BCUT2D eigenvalue weighted by Crippen LogP contribution is -2.11. The molecule has 10 rings (SSSR count). The topological polar surface area (TPSA) is 16.4 Å². The SMILES string of the molecule is [2H]c1c([2H])c(N(c2ccccc2-c2cccc3oc4c5ccccc5ccc4c23)c2c([2H])c([2H])c([2H])c3c([2H])c([2H])c([2H])c([2H])c23)c([2H])c([2H])c1-c1cccc(-c2ccccc2)c1.